The Kier molecular flexibility index (Phi) is 7.40. The van der Waals surface area contributed by atoms with Crippen molar-refractivity contribution < 1.29 is 0 Å². The number of hydrogen-bond donors (Lipinski definition) is 2. The summed E-state index contributed by atoms with van der Waals surface area (Å²) in [4.78, 5) is 9.06. The van der Waals surface area contributed by atoms with Crippen LogP contribution in [0.2, 0.25) is 5.02 Å². The molecule has 0 unspecified atom stereocenters. The van der Waals surface area contributed by atoms with Crippen LogP contribution in [0.4, 0.5) is 5.95 Å². The topological polar surface area (TPSA) is 49.8 Å². The maximum absolute atomic E-state index is 6.41. The van der Waals surface area contributed by atoms with Gasteiger partial charge < -0.3 is 10.6 Å². The number of nitrogens with one attached hydrogen (secondary N) is 2. The third kappa shape index (κ3) is 5.09. The van der Waals surface area contributed by atoms with E-state index in [1.54, 1.807) is 6.20 Å². The van der Waals surface area contributed by atoms with Crippen molar-refractivity contribution in [1.82, 2.24) is 15.3 Å². The van der Waals surface area contributed by atoms with E-state index in [0.717, 1.165) is 42.8 Å². The van der Waals surface area contributed by atoms with E-state index in [9.17, 15) is 0 Å². The molecule has 146 valence electrons. The molecule has 4 nitrogen and oxygen atoms in total. The predicted molar refractivity (Wildman–Crippen MR) is 119 cm³/mol. The maximum atomic E-state index is 6.41. The Bertz CT molecular complexity index is 877. The number of halogens is 1. The van der Waals surface area contributed by atoms with Crippen LogP contribution in [0.3, 0.4) is 0 Å². The Hall–Kier alpha value is -2.43. The van der Waals surface area contributed by atoms with E-state index >= 15 is 0 Å². The summed E-state index contributed by atoms with van der Waals surface area (Å²) in [5.41, 5.74) is 4.07. The molecular formula is C23H27ClN4. The van der Waals surface area contributed by atoms with E-state index in [2.05, 4.69) is 39.9 Å². The number of hydrogen-bond acceptors (Lipinski definition) is 4. The maximum Gasteiger partial charge on any atom is 0.223 e. The first-order valence-electron chi connectivity index (χ1n) is 9.95. The highest BCUT2D eigenvalue weighted by Gasteiger charge is 2.15. The summed E-state index contributed by atoms with van der Waals surface area (Å²) in [6.07, 6.45) is 3.83. The summed E-state index contributed by atoms with van der Waals surface area (Å²) < 4.78 is 0. The molecule has 1 aromatic heterocycles. The zero-order valence-electron chi connectivity index (χ0n) is 16.5. The lowest BCUT2D eigenvalue weighted by molar-refractivity contribution is 0.477. The Labute approximate surface area is 172 Å². The predicted octanol–water partition coefficient (Wildman–Crippen LogP) is 5.65. The molecule has 5 heteroatoms. The summed E-state index contributed by atoms with van der Waals surface area (Å²) in [7, 11) is 0. The molecule has 1 saturated heterocycles. The van der Waals surface area contributed by atoms with Crippen molar-refractivity contribution in [2.45, 2.75) is 32.7 Å². The van der Waals surface area contributed by atoms with Crippen LogP contribution in [0.15, 0.2) is 60.8 Å². The molecular weight excluding hydrogens is 368 g/mol. The summed E-state index contributed by atoms with van der Waals surface area (Å²) in [5, 5.41) is 7.37. The molecule has 0 bridgehead atoms. The van der Waals surface area contributed by atoms with Gasteiger partial charge in [-0.1, -0.05) is 74.0 Å². The van der Waals surface area contributed by atoms with E-state index < -0.39 is 0 Å². The highest BCUT2D eigenvalue weighted by atomic mass is 35.5. The summed E-state index contributed by atoms with van der Waals surface area (Å²) >= 11 is 6.41. The van der Waals surface area contributed by atoms with Gasteiger partial charge in [-0.15, -0.1) is 0 Å². The van der Waals surface area contributed by atoms with Gasteiger partial charge >= 0.3 is 0 Å². The first-order valence-corrected chi connectivity index (χ1v) is 10.3. The van der Waals surface area contributed by atoms with Gasteiger partial charge in [0.25, 0.3) is 0 Å². The lowest BCUT2D eigenvalue weighted by Gasteiger charge is -2.23. The van der Waals surface area contributed by atoms with Crippen molar-refractivity contribution in [3.05, 3.63) is 65.8 Å². The minimum absolute atomic E-state index is 0.404. The molecule has 0 atom stereocenters. The van der Waals surface area contributed by atoms with Gasteiger partial charge in [-0.05, 0) is 43.1 Å². The molecule has 1 fully saturated rings. The fourth-order valence-electron chi connectivity index (χ4n) is 3.26. The standard InChI is InChI=1S/C21H21ClN4.C2H6/c22-19-14-24-21(25-18-9-11-23-12-10-18)26-20(19)17-8-4-7-16(13-17)15-5-2-1-3-6-15;1-2/h1-8,13-14,18,23H,9-12H2,(H,24,25,26);1-2H3. The minimum atomic E-state index is 0.404. The molecule has 0 saturated carbocycles. The van der Waals surface area contributed by atoms with Crippen LogP contribution >= 0.6 is 11.6 Å². The van der Waals surface area contributed by atoms with Crippen molar-refractivity contribution in [2.24, 2.45) is 0 Å². The molecule has 28 heavy (non-hydrogen) atoms. The van der Waals surface area contributed by atoms with Crippen molar-refractivity contribution in [1.29, 1.82) is 0 Å². The molecule has 2 heterocycles. The van der Waals surface area contributed by atoms with E-state index in [-0.39, 0.29) is 0 Å². The van der Waals surface area contributed by atoms with Gasteiger partial charge in [0.15, 0.2) is 0 Å². The molecule has 1 aliphatic rings. The Morgan fingerprint density at radius 2 is 1.61 bits per heavy atom. The molecule has 2 aromatic carbocycles. The largest absolute Gasteiger partial charge is 0.351 e. The normalized spacial score (nSPS) is 14.1. The van der Waals surface area contributed by atoms with Crippen LogP contribution in [-0.4, -0.2) is 29.1 Å². The number of nitrogens with zero attached hydrogens (tertiary/aromatic N) is 2. The molecule has 0 radical (unpaired) electrons. The van der Waals surface area contributed by atoms with Crippen LogP contribution in [0.1, 0.15) is 26.7 Å². The second-order valence-corrected chi connectivity index (χ2v) is 6.91. The second kappa shape index (κ2) is 10.2. The zero-order valence-corrected chi connectivity index (χ0v) is 17.2. The second-order valence-electron chi connectivity index (χ2n) is 6.51. The average molecular weight is 395 g/mol. The van der Waals surface area contributed by atoms with Crippen molar-refractivity contribution in [3.8, 4) is 22.4 Å². The quantitative estimate of drug-likeness (QED) is 0.599. The minimum Gasteiger partial charge on any atom is -0.351 e. The summed E-state index contributed by atoms with van der Waals surface area (Å²) in [6, 6.07) is 19.0. The summed E-state index contributed by atoms with van der Waals surface area (Å²) in [6.45, 7) is 6.05. The number of piperidine rings is 1. The average Bonchev–Trinajstić information content (AvgIpc) is 2.78. The highest BCUT2D eigenvalue weighted by Crippen LogP contribution is 2.30. The zero-order chi connectivity index (χ0) is 19.8. The van der Waals surface area contributed by atoms with Gasteiger partial charge in [0.05, 0.1) is 16.9 Å². The Morgan fingerprint density at radius 3 is 2.36 bits per heavy atom. The number of benzene rings is 2. The fourth-order valence-corrected chi connectivity index (χ4v) is 3.46. The van der Waals surface area contributed by atoms with E-state index in [0.29, 0.717) is 17.0 Å². The van der Waals surface area contributed by atoms with Crippen molar-refractivity contribution in [2.75, 3.05) is 18.4 Å². The molecule has 0 spiro atoms. The highest BCUT2D eigenvalue weighted by molar-refractivity contribution is 6.32. The van der Waals surface area contributed by atoms with Gasteiger partial charge in [-0.3, -0.25) is 0 Å². The molecule has 1 aliphatic heterocycles. The lowest BCUT2D eigenvalue weighted by atomic mass is 10.0. The molecule has 3 aromatic rings. The SMILES string of the molecule is CC.Clc1cnc(NC2CCNCC2)nc1-c1cccc(-c2ccccc2)c1. The Balaban J connectivity index is 0.00000109. The number of rotatable bonds is 4. The van der Waals surface area contributed by atoms with Crippen molar-refractivity contribution in [3.63, 3.8) is 0 Å². The smallest absolute Gasteiger partial charge is 0.223 e. The first-order chi connectivity index (χ1) is 13.8. The third-order valence-corrected chi connectivity index (χ3v) is 4.94. The molecule has 4 rings (SSSR count). The number of aromatic nitrogens is 2. The third-order valence-electron chi connectivity index (χ3n) is 4.66. The van der Waals surface area contributed by atoms with Gasteiger partial charge in [-0.25, -0.2) is 9.97 Å². The lowest BCUT2D eigenvalue weighted by Crippen LogP contribution is -2.35. The van der Waals surface area contributed by atoms with Gasteiger partial charge in [0.2, 0.25) is 5.95 Å². The van der Waals surface area contributed by atoms with Gasteiger partial charge in [0, 0.05) is 11.6 Å². The fraction of sp³-hybridized carbons (Fsp3) is 0.304. The molecule has 2 N–H and O–H groups in total. The van der Waals surface area contributed by atoms with Crippen LogP contribution in [0, 0.1) is 0 Å². The van der Waals surface area contributed by atoms with Crippen LogP contribution < -0.4 is 10.6 Å². The summed E-state index contributed by atoms with van der Waals surface area (Å²) in [5.74, 6) is 0.640. The van der Waals surface area contributed by atoms with E-state index in [4.69, 9.17) is 16.6 Å². The first kappa shape index (κ1) is 20.3. The van der Waals surface area contributed by atoms with Crippen LogP contribution in [0.5, 0.6) is 0 Å². The van der Waals surface area contributed by atoms with Gasteiger partial charge in [-0.2, -0.15) is 0 Å². The van der Waals surface area contributed by atoms with Crippen molar-refractivity contribution >= 4 is 17.5 Å². The number of anilines is 1. The van der Waals surface area contributed by atoms with E-state index in [1.165, 1.54) is 5.56 Å². The molecule has 0 amide bonds. The van der Waals surface area contributed by atoms with E-state index in [1.807, 2.05) is 44.2 Å². The van der Waals surface area contributed by atoms with Gasteiger partial charge in [0.1, 0.15) is 0 Å². The van der Waals surface area contributed by atoms with Crippen LogP contribution in [0.25, 0.3) is 22.4 Å². The monoisotopic (exact) mass is 394 g/mol. The Morgan fingerprint density at radius 1 is 0.929 bits per heavy atom. The molecule has 0 aliphatic carbocycles. The van der Waals surface area contributed by atoms with Crippen LogP contribution in [-0.2, 0) is 0 Å².